The van der Waals surface area contributed by atoms with Crippen LogP contribution >= 0.6 is 11.6 Å². The van der Waals surface area contributed by atoms with Gasteiger partial charge >= 0.3 is 5.76 Å². The number of aromatic nitrogens is 1. The molecule has 5 nitrogen and oxygen atoms in total. The van der Waals surface area contributed by atoms with E-state index in [-0.39, 0.29) is 24.4 Å². The van der Waals surface area contributed by atoms with E-state index in [9.17, 15) is 18.4 Å². The van der Waals surface area contributed by atoms with Gasteiger partial charge in [-0.25, -0.2) is 13.6 Å². The molecule has 3 rings (SSSR count). The summed E-state index contributed by atoms with van der Waals surface area (Å²) in [5.41, 5.74) is 1.05. The van der Waals surface area contributed by atoms with Crippen LogP contribution in [-0.2, 0) is 11.3 Å². The molecule has 0 fully saturated rings. The Labute approximate surface area is 152 Å². The van der Waals surface area contributed by atoms with Gasteiger partial charge in [0.05, 0.1) is 11.6 Å². The van der Waals surface area contributed by atoms with E-state index in [1.807, 2.05) is 0 Å². The largest absolute Gasteiger partial charge is 0.419 e. The first kappa shape index (κ1) is 18.1. The molecule has 0 aliphatic rings. The Balaban J connectivity index is 1.68. The molecule has 1 N–H and O–H groups in total. The molecule has 0 saturated heterocycles. The number of benzene rings is 2. The summed E-state index contributed by atoms with van der Waals surface area (Å²) in [7, 11) is 0. The van der Waals surface area contributed by atoms with Gasteiger partial charge in [0.25, 0.3) is 0 Å². The van der Waals surface area contributed by atoms with Gasteiger partial charge in [-0.1, -0.05) is 17.7 Å². The fraction of sp³-hybridized carbons (Fsp3) is 0.222. The lowest BCUT2D eigenvalue weighted by molar-refractivity contribution is -0.121. The number of rotatable bonds is 5. The predicted molar refractivity (Wildman–Crippen MR) is 93.0 cm³/mol. The minimum atomic E-state index is -0.730. The highest BCUT2D eigenvalue weighted by Gasteiger charge is 2.16. The second-order valence-electron chi connectivity index (χ2n) is 5.84. The standard InChI is InChI=1S/C18H15ClF2N2O3/c1-10(13-4-3-12(20)9-14(13)21)22-17(24)6-7-23-15-5-2-11(19)8-16(15)26-18(23)25/h2-5,8-10H,6-7H2,1H3,(H,22,24)/t10-/m1/s1. The van der Waals surface area contributed by atoms with Crippen molar-refractivity contribution in [3.8, 4) is 0 Å². The monoisotopic (exact) mass is 380 g/mol. The normalized spacial score (nSPS) is 12.3. The van der Waals surface area contributed by atoms with E-state index < -0.39 is 23.4 Å². The minimum Gasteiger partial charge on any atom is -0.408 e. The van der Waals surface area contributed by atoms with Crippen LogP contribution in [0.2, 0.25) is 5.02 Å². The number of nitrogens with zero attached hydrogens (tertiary/aromatic N) is 1. The Bertz CT molecular complexity index is 1030. The Morgan fingerprint density at radius 1 is 1.27 bits per heavy atom. The third-order valence-electron chi connectivity index (χ3n) is 4.00. The first-order valence-corrected chi connectivity index (χ1v) is 8.26. The zero-order valence-corrected chi connectivity index (χ0v) is 14.5. The van der Waals surface area contributed by atoms with Crippen molar-refractivity contribution in [3.05, 3.63) is 69.2 Å². The second kappa shape index (κ2) is 7.29. The van der Waals surface area contributed by atoms with Crippen molar-refractivity contribution in [3.63, 3.8) is 0 Å². The Morgan fingerprint density at radius 3 is 2.77 bits per heavy atom. The first-order valence-electron chi connectivity index (χ1n) is 7.88. The van der Waals surface area contributed by atoms with Crippen LogP contribution in [0.1, 0.15) is 24.9 Å². The molecule has 1 aromatic heterocycles. The highest BCUT2D eigenvalue weighted by molar-refractivity contribution is 6.31. The van der Waals surface area contributed by atoms with Gasteiger partial charge in [-0.15, -0.1) is 0 Å². The maximum absolute atomic E-state index is 13.8. The average Bonchev–Trinajstić information content (AvgIpc) is 2.87. The van der Waals surface area contributed by atoms with Crippen molar-refractivity contribution in [1.29, 1.82) is 0 Å². The lowest BCUT2D eigenvalue weighted by Gasteiger charge is -2.15. The topological polar surface area (TPSA) is 64.2 Å². The number of oxazole rings is 1. The fourth-order valence-corrected chi connectivity index (χ4v) is 2.87. The Morgan fingerprint density at radius 2 is 2.04 bits per heavy atom. The average molecular weight is 381 g/mol. The van der Waals surface area contributed by atoms with Gasteiger partial charge < -0.3 is 9.73 Å². The zero-order valence-electron chi connectivity index (χ0n) is 13.8. The molecule has 1 heterocycles. The van der Waals surface area contributed by atoms with E-state index in [1.54, 1.807) is 19.1 Å². The highest BCUT2D eigenvalue weighted by Crippen LogP contribution is 2.19. The van der Waals surface area contributed by atoms with Gasteiger partial charge in [0, 0.05) is 35.7 Å². The number of carbonyl (C=O) groups is 1. The maximum Gasteiger partial charge on any atom is 0.419 e. The predicted octanol–water partition coefficient (Wildman–Crippen LogP) is 3.79. The number of nitrogens with one attached hydrogen (secondary N) is 1. The molecule has 2 aromatic carbocycles. The molecule has 0 aliphatic heterocycles. The molecule has 0 spiro atoms. The summed E-state index contributed by atoms with van der Waals surface area (Å²) >= 11 is 5.86. The van der Waals surface area contributed by atoms with Gasteiger partial charge in [0.1, 0.15) is 11.6 Å². The van der Waals surface area contributed by atoms with Crippen molar-refractivity contribution in [2.75, 3.05) is 0 Å². The SMILES string of the molecule is C[C@@H](NC(=O)CCn1c(=O)oc2cc(Cl)ccc21)c1ccc(F)cc1F. The molecular weight excluding hydrogens is 366 g/mol. The molecule has 0 radical (unpaired) electrons. The third-order valence-corrected chi connectivity index (χ3v) is 4.23. The summed E-state index contributed by atoms with van der Waals surface area (Å²) in [4.78, 5) is 24.0. The summed E-state index contributed by atoms with van der Waals surface area (Å²) in [5.74, 6) is -2.38. The van der Waals surface area contributed by atoms with Crippen LogP contribution in [0.15, 0.2) is 45.6 Å². The van der Waals surface area contributed by atoms with Crippen molar-refractivity contribution in [2.45, 2.75) is 25.9 Å². The number of aryl methyl sites for hydroxylation is 1. The second-order valence-corrected chi connectivity index (χ2v) is 6.27. The number of hydrogen-bond acceptors (Lipinski definition) is 3. The lowest BCUT2D eigenvalue weighted by atomic mass is 10.1. The third kappa shape index (κ3) is 3.77. The molecule has 1 amide bonds. The molecule has 3 aromatic rings. The van der Waals surface area contributed by atoms with Crippen molar-refractivity contribution in [2.24, 2.45) is 0 Å². The summed E-state index contributed by atoms with van der Waals surface area (Å²) in [5, 5.41) is 3.06. The van der Waals surface area contributed by atoms with Crippen LogP contribution in [0.5, 0.6) is 0 Å². The molecule has 136 valence electrons. The molecule has 0 bridgehead atoms. The van der Waals surface area contributed by atoms with E-state index in [2.05, 4.69) is 5.32 Å². The summed E-state index contributed by atoms with van der Waals surface area (Å²) in [6, 6.07) is 7.32. The van der Waals surface area contributed by atoms with Gasteiger partial charge in [-0.3, -0.25) is 9.36 Å². The van der Waals surface area contributed by atoms with Crippen LogP contribution in [0.25, 0.3) is 11.1 Å². The molecule has 8 heteroatoms. The van der Waals surface area contributed by atoms with Gasteiger partial charge in [0.15, 0.2) is 5.58 Å². The maximum atomic E-state index is 13.8. The van der Waals surface area contributed by atoms with Crippen LogP contribution in [0.4, 0.5) is 8.78 Å². The summed E-state index contributed by atoms with van der Waals surface area (Å²) in [6.07, 6.45) is -0.00960. The van der Waals surface area contributed by atoms with E-state index in [4.69, 9.17) is 16.0 Å². The number of carbonyl (C=O) groups excluding carboxylic acids is 1. The molecule has 1 atom stereocenters. The van der Waals surface area contributed by atoms with E-state index in [0.717, 1.165) is 12.1 Å². The Kier molecular flexibility index (Phi) is 5.08. The van der Waals surface area contributed by atoms with E-state index >= 15 is 0 Å². The summed E-state index contributed by atoms with van der Waals surface area (Å²) in [6.45, 7) is 1.69. The molecule has 0 saturated carbocycles. The lowest BCUT2D eigenvalue weighted by Crippen LogP contribution is -2.29. The molecular formula is C18H15ClF2N2O3. The zero-order chi connectivity index (χ0) is 18.8. The number of hydrogen-bond donors (Lipinski definition) is 1. The van der Waals surface area contributed by atoms with Gasteiger partial charge in [-0.05, 0) is 25.1 Å². The molecule has 0 unspecified atom stereocenters. The Hall–Kier alpha value is -2.67. The van der Waals surface area contributed by atoms with Crippen molar-refractivity contribution < 1.29 is 18.0 Å². The first-order chi connectivity index (χ1) is 12.3. The smallest absolute Gasteiger partial charge is 0.408 e. The van der Waals surface area contributed by atoms with Gasteiger partial charge in [0.2, 0.25) is 5.91 Å². The number of amides is 1. The number of halogens is 3. The van der Waals surface area contributed by atoms with E-state index in [1.165, 1.54) is 16.7 Å². The number of fused-ring (bicyclic) bond motifs is 1. The quantitative estimate of drug-likeness (QED) is 0.732. The highest BCUT2D eigenvalue weighted by atomic mass is 35.5. The van der Waals surface area contributed by atoms with Crippen molar-refractivity contribution >= 4 is 28.6 Å². The summed E-state index contributed by atoms with van der Waals surface area (Å²) < 4.78 is 33.1. The van der Waals surface area contributed by atoms with Crippen LogP contribution < -0.4 is 11.1 Å². The molecule has 26 heavy (non-hydrogen) atoms. The van der Waals surface area contributed by atoms with Crippen LogP contribution in [0.3, 0.4) is 0 Å². The minimum absolute atomic E-state index is 0.00960. The molecule has 0 aliphatic carbocycles. The van der Waals surface area contributed by atoms with E-state index in [0.29, 0.717) is 16.1 Å². The van der Waals surface area contributed by atoms with Crippen LogP contribution in [-0.4, -0.2) is 10.5 Å². The van der Waals surface area contributed by atoms with Crippen LogP contribution in [0, 0.1) is 11.6 Å². The van der Waals surface area contributed by atoms with Crippen molar-refractivity contribution in [1.82, 2.24) is 9.88 Å². The van der Waals surface area contributed by atoms with Gasteiger partial charge in [-0.2, -0.15) is 0 Å². The fourth-order valence-electron chi connectivity index (χ4n) is 2.71.